The SMILES string of the molecule is c1ccc(-c2ccc3c4ccc(-c5ncc(-c6cccc7c6Oc6ccccc6S7)cn5)cc4c4ccccc4c3c2)cc1. The predicted molar refractivity (Wildman–Crippen MR) is 181 cm³/mol. The summed E-state index contributed by atoms with van der Waals surface area (Å²) in [5, 5.41) is 7.40. The van der Waals surface area contributed by atoms with E-state index in [0.717, 1.165) is 38.0 Å². The van der Waals surface area contributed by atoms with Gasteiger partial charge in [-0.2, -0.15) is 0 Å². The van der Waals surface area contributed by atoms with Crippen molar-refractivity contribution in [2.45, 2.75) is 9.79 Å². The van der Waals surface area contributed by atoms with Crippen LogP contribution in [0.5, 0.6) is 11.5 Å². The van der Waals surface area contributed by atoms with Gasteiger partial charge in [-0.05, 0) is 73.8 Å². The van der Waals surface area contributed by atoms with Crippen molar-refractivity contribution >= 4 is 44.1 Å². The minimum atomic E-state index is 0.699. The molecule has 206 valence electrons. The summed E-state index contributed by atoms with van der Waals surface area (Å²) in [6.07, 6.45) is 3.81. The number of para-hydroxylation sites is 2. The molecule has 0 aliphatic carbocycles. The number of nitrogens with zero attached hydrogens (tertiary/aromatic N) is 2. The zero-order chi connectivity index (χ0) is 29.0. The maximum atomic E-state index is 6.36. The second-order valence-electron chi connectivity index (χ2n) is 11.0. The lowest BCUT2D eigenvalue weighted by Gasteiger charge is -2.21. The van der Waals surface area contributed by atoms with Gasteiger partial charge in [-0.15, -0.1) is 0 Å². The maximum absolute atomic E-state index is 6.36. The Morgan fingerprint density at radius 2 is 1.05 bits per heavy atom. The third kappa shape index (κ3) is 4.07. The van der Waals surface area contributed by atoms with Gasteiger partial charge in [-0.3, -0.25) is 0 Å². The number of fused-ring (bicyclic) bond motifs is 8. The molecule has 1 aliphatic heterocycles. The monoisotopic (exact) mass is 580 g/mol. The molecule has 4 heteroatoms. The Hall–Kier alpha value is -5.45. The number of aromatic nitrogens is 2. The van der Waals surface area contributed by atoms with Crippen LogP contribution in [0, 0.1) is 0 Å². The molecular weight excluding hydrogens is 557 g/mol. The molecule has 0 radical (unpaired) electrons. The highest BCUT2D eigenvalue weighted by molar-refractivity contribution is 7.99. The molecule has 0 amide bonds. The molecule has 44 heavy (non-hydrogen) atoms. The van der Waals surface area contributed by atoms with Crippen molar-refractivity contribution in [1.82, 2.24) is 9.97 Å². The summed E-state index contributed by atoms with van der Waals surface area (Å²) in [4.78, 5) is 11.9. The van der Waals surface area contributed by atoms with Crippen molar-refractivity contribution in [3.8, 4) is 45.1 Å². The van der Waals surface area contributed by atoms with Gasteiger partial charge in [0.15, 0.2) is 5.82 Å². The van der Waals surface area contributed by atoms with Gasteiger partial charge in [0.1, 0.15) is 11.5 Å². The molecule has 0 fully saturated rings. The van der Waals surface area contributed by atoms with Gasteiger partial charge in [0, 0.05) is 29.1 Å². The lowest BCUT2D eigenvalue weighted by Crippen LogP contribution is -1.98. The predicted octanol–water partition coefficient (Wildman–Crippen LogP) is 11.2. The Kier molecular flexibility index (Phi) is 5.75. The van der Waals surface area contributed by atoms with E-state index in [9.17, 15) is 0 Å². The summed E-state index contributed by atoms with van der Waals surface area (Å²) in [7, 11) is 0. The van der Waals surface area contributed by atoms with Crippen molar-refractivity contribution in [3.05, 3.63) is 146 Å². The minimum Gasteiger partial charge on any atom is -0.454 e. The lowest BCUT2D eigenvalue weighted by molar-refractivity contribution is 0.456. The Bertz CT molecular complexity index is 2360. The largest absolute Gasteiger partial charge is 0.454 e. The van der Waals surface area contributed by atoms with Gasteiger partial charge in [-0.1, -0.05) is 115 Å². The summed E-state index contributed by atoms with van der Waals surface area (Å²) in [5.74, 6) is 2.43. The van der Waals surface area contributed by atoms with E-state index in [2.05, 4.69) is 115 Å². The van der Waals surface area contributed by atoms with E-state index in [1.165, 1.54) is 43.4 Å². The van der Waals surface area contributed by atoms with Crippen LogP contribution in [0.3, 0.4) is 0 Å². The first-order chi connectivity index (χ1) is 21.8. The molecule has 0 spiro atoms. The van der Waals surface area contributed by atoms with Crippen LogP contribution in [0.15, 0.2) is 156 Å². The molecule has 3 nitrogen and oxygen atoms in total. The van der Waals surface area contributed by atoms with Gasteiger partial charge in [-0.25, -0.2) is 9.97 Å². The van der Waals surface area contributed by atoms with Gasteiger partial charge in [0.05, 0.1) is 9.79 Å². The van der Waals surface area contributed by atoms with Gasteiger partial charge in [0.2, 0.25) is 0 Å². The van der Waals surface area contributed by atoms with Crippen molar-refractivity contribution in [2.75, 3.05) is 0 Å². The highest BCUT2D eigenvalue weighted by atomic mass is 32.2. The molecule has 0 atom stereocenters. The summed E-state index contributed by atoms with van der Waals surface area (Å²) >= 11 is 1.73. The van der Waals surface area contributed by atoms with Crippen LogP contribution >= 0.6 is 11.8 Å². The van der Waals surface area contributed by atoms with Crippen LogP contribution in [0.4, 0.5) is 0 Å². The second kappa shape index (κ2) is 10.1. The summed E-state index contributed by atoms with van der Waals surface area (Å²) in [5.41, 5.74) is 5.35. The number of hydrogen-bond donors (Lipinski definition) is 0. The van der Waals surface area contributed by atoms with Crippen LogP contribution in [0.2, 0.25) is 0 Å². The molecule has 9 rings (SSSR count). The summed E-state index contributed by atoms with van der Waals surface area (Å²) in [6, 6.07) is 47.0. The first-order valence-corrected chi connectivity index (χ1v) is 15.5. The summed E-state index contributed by atoms with van der Waals surface area (Å²) in [6.45, 7) is 0. The minimum absolute atomic E-state index is 0.699. The second-order valence-corrected chi connectivity index (χ2v) is 12.1. The molecule has 2 heterocycles. The quantitative estimate of drug-likeness (QED) is 0.195. The number of ether oxygens (including phenoxy) is 1. The standard InChI is InChI=1S/C40H24N2OS/c1-2-9-25(10-3-1)26-17-19-32-33-20-18-27(22-35(33)31-12-5-4-11-30(31)34(32)21-26)40-41-23-28(24-42-40)29-13-8-16-38-39(29)43-36-14-6-7-15-37(36)44-38/h1-24H. The van der Waals surface area contributed by atoms with E-state index in [-0.39, 0.29) is 0 Å². The lowest BCUT2D eigenvalue weighted by atomic mass is 9.91. The van der Waals surface area contributed by atoms with Crippen LogP contribution in [0.25, 0.3) is 66.0 Å². The van der Waals surface area contributed by atoms with Crippen LogP contribution < -0.4 is 4.74 Å². The first-order valence-electron chi connectivity index (χ1n) is 14.6. The Morgan fingerprint density at radius 3 is 1.82 bits per heavy atom. The van der Waals surface area contributed by atoms with Gasteiger partial charge in [0.25, 0.3) is 0 Å². The van der Waals surface area contributed by atoms with Gasteiger partial charge >= 0.3 is 0 Å². The van der Waals surface area contributed by atoms with E-state index >= 15 is 0 Å². The van der Waals surface area contributed by atoms with Gasteiger partial charge < -0.3 is 4.74 Å². The zero-order valence-corrected chi connectivity index (χ0v) is 24.4. The first kappa shape index (κ1) is 25.1. The number of rotatable bonds is 3. The molecule has 0 N–H and O–H groups in total. The van der Waals surface area contributed by atoms with Crippen LogP contribution in [-0.2, 0) is 0 Å². The normalized spacial score (nSPS) is 12.2. The number of hydrogen-bond acceptors (Lipinski definition) is 4. The fourth-order valence-electron chi connectivity index (χ4n) is 6.30. The molecule has 0 bridgehead atoms. The average Bonchev–Trinajstić information content (AvgIpc) is 3.10. The topological polar surface area (TPSA) is 35.0 Å². The molecule has 8 aromatic rings. The Labute approximate surface area is 258 Å². The van der Waals surface area contributed by atoms with Crippen molar-refractivity contribution in [2.24, 2.45) is 0 Å². The maximum Gasteiger partial charge on any atom is 0.159 e. The zero-order valence-electron chi connectivity index (χ0n) is 23.6. The van der Waals surface area contributed by atoms with Crippen molar-refractivity contribution < 1.29 is 4.74 Å². The highest BCUT2D eigenvalue weighted by Crippen LogP contribution is 2.50. The highest BCUT2D eigenvalue weighted by Gasteiger charge is 2.21. The molecular formula is C40H24N2OS. The molecule has 0 saturated heterocycles. The van der Waals surface area contributed by atoms with E-state index in [1.807, 2.05) is 30.6 Å². The van der Waals surface area contributed by atoms with Crippen molar-refractivity contribution in [3.63, 3.8) is 0 Å². The molecule has 1 aromatic heterocycles. The fraction of sp³-hybridized carbons (Fsp3) is 0. The van der Waals surface area contributed by atoms with Crippen LogP contribution in [-0.4, -0.2) is 9.97 Å². The molecule has 0 saturated carbocycles. The molecule has 0 unspecified atom stereocenters. The van der Waals surface area contributed by atoms with E-state index < -0.39 is 0 Å². The van der Waals surface area contributed by atoms with E-state index in [4.69, 9.17) is 14.7 Å². The Morgan fingerprint density at radius 1 is 0.432 bits per heavy atom. The fourth-order valence-corrected chi connectivity index (χ4v) is 7.28. The Balaban J connectivity index is 1.13. The third-order valence-corrected chi connectivity index (χ3v) is 9.52. The average molecular weight is 581 g/mol. The number of benzene rings is 7. The van der Waals surface area contributed by atoms with Crippen molar-refractivity contribution in [1.29, 1.82) is 0 Å². The third-order valence-electron chi connectivity index (χ3n) is 8.42. The van der Waals surface area contributed by atoms with E-state index in [1.54, 1.807) is 11.8 Å². The van der Waals surface area contributed by atoms with Crippen LogP contribution in [0.1, 0.15) is 0 Å². The molecule has 7 aromatic carbocycles. The smallest absolute Gasteiger partial charge is 0.159 e. The summed E-state index contributed by atoms with van der Waals surface area (Å²) < 4.78 is 6.36. The van der Waals surface area contributed by atoms with E-state index in [0.29, 0.717) is 5.82 Å². The molecule has 1 aliphatic rings.